The van der Waals surface area contributed by atoms with E-state index in [1.165, 1.54) is 47.8 Å². The molecule has 2 aliphatic rings. The molecule has 1 aromatic heterocycles. The molecule has 0 saturated carbocycles. The quantitative estimate of drug-likeness (QED) is 0.848. The van der Waals surface area contributed by atoms with Crippen LogP contribution < -0.4 is 0 Å². The largest absolute Gasteiger partial charge is 0.299 e. The maximum Gasteiger partial charge on any atom is 0.0987 e. The van der Waals surface area contributed by atoms with Gasteiger partial charge in [-0.2, -0.15) is 0 Å². The molecule has 1 aliphatic carbocycles. The van der Waals surface area contributed by atoms with Gasteiger partial charge in [-0.15, -0.1) is 11.3 Å². The minimum absolute atomic E-state index is 0.655. The molecule has 21 heavy (non-hydrogen) atoms. The lowest BCUT2D eigenvalue weighted by Crippen LogP contribution is -2.48. The average molecular weight is 298 g/mol. The summed E-state index contributed by atoms with van der Waals surface area (Å²) >= 11 is 1.91. The monoisotopic (exact) mass is 298 g/mol. The Morgan fingerprint density at radius 2 is 2.10 bits per heavy atom. The molecule has 0 amide bonds. The van der Waals surface area contributed by atoms with E-state index in [1.807, 2.05) is 11.3 Å². The van der Waals surface area contributed by atoms with Gasteiger partial charge < -0.3 is 0 Å². The topological polar surface area (TPSA) is 16.1 Å². The van der Waals surface area contributed by atoms with E-state index in [0.29, 0.717) is 12.0 Å². The van der Waals surface area contributed by atoms with Crippen molar-refractivity contribution in [3.63, 3.8) is 0 Å². The maximum atomic E-state index is 4.73. The molecule has 4 rings (SSSR count). The van der Waals surface area contributed by atoms with Crippen LogP contribution in [0.5, 0.6) is 0 Å². The van der Waals surface area contributed by atoms with Gasteiger partial charge in [0.25, 0.3) is 0 Å². The lowest BCUT2D eigenvalue weighted by molar-refractivity contribution is 0.110. The van der Waals surface area contributed by atoms with Crippen LogP contribution in [-0.2, 0) is 12.8 Å². The number of rotatable bonds is 3. The SMILES string of the molecule is CC(C)N1CC(c2ncc(-c3cccc4c3CCC4)s2)C1. The van der Waals surface area contributed by atoms with Gasteiger partial charge in [-0.1, -0.05) is 18.2 Å². The number of aromatic nitrogens is 1. The van der Waals surface area contributed by atoms with E-state index in [4.69, 9.17) is 4.98 Å². The van der Waals surface area contributed by atoms with E-state index < -0.39 is 0 Å². The number of hydrogen-bond acceptors (Lipinski definition) is 3. The summed E-state index contributed by atoms with van der Waals surface area (Å²) in [7, 11) is 0. The molecule has 0 spiro atoms. The number of aryl methyl sites for hydroxylation is 1. The summed E-state index contributed by atoms with van der Waals surface area (Å²) in [5.74, 6) is 0.655. The van der Waals surface area contributed by atoms with Crippen molar-refractivity contribution in [1.29, 1.82) is 0 Å². The van der Waals surface area contributed by atoms with Gasteiger partial charge in [0.15, 0.2) is 0 Å². The van der Waals surface area contributed by atoms with Gasteiger partial charge in [-0.25, -0.2) is 4.98 Å². The van der Waals surface area contributed by atoms with Crippen LogP contribution in [0.4, 0.5) is 0 Å². The number of likely N-dealkylation sites (tertiary alicyclic amines) is 1. The highest BCUT2D eigenvalue weighted by atomic mass is 32.1. The van der Waals surface area contributed by atoms with Gasteiger partial charge >= 0.3 is 0 Å². The van der Waals surface area contributed by atoms with Crippen LogP contribution in [0.2, 0.25) is 0 Å². The van der Waals surface area contributed by atoms with Crippen molar-refractivity contribution in [2.75, 3.05) is 13.1 Å². The molecule has 3 heteroatoms. The number of benzene rings is 1. The lowest BCUT2D eigenvalue weighted by Gasteiger charge is -2.41. The number of fused-ring (bicyclic) bond motifs is 1. The number of nitrogens with zero attached hydrogens (tertiary/aromatic N) is 2. The Morgan fingerprint density at radius 1 is 1.24 bits per heavy atom. The average Bonchev–Trinajstić information content (AvgIpc) is 3.04. The van der Waals surface area contributed by atoms with Crippen molar-refractivity contribution >= 4 is 11.3 Å². The normalized spacial score (nSPS) is 19.0. The summed E-state index contributed by atoms with van der Waals surface area (Å²) in [6, 6.07) is 7.45. The molecule has 0 unspecified atom stereocenters. The second-order valence-electron chi connectivity index (χ2n) is 6.60. The van der Waals surface area contributed by atoms with Crippen LogP contribution >= 0.6 is 11.3 Å². The molecule has 1 fully saturated rings. The fraction of sp³-hybridized carbons (Fsp3) is 0.500. The first-order valence-electron chi connectivity index (χ1n) is 8.03. The molecule has 2 nitrogen and oxygen atoms in total. The zero-order valence-corrected chi connectivity index (χ0v) is 13.6. The van der Waals surface area contributed by atoms with Crippen LogP contribution in [0.1, 0.15) is 42.3 Å². The van der Waals surface area contributed by atoms with Crippen LogP contribution in [0, 0.1) is 0 Å². The predicted octanol–water partition coefficient (Wildman–Crippen LogP) is 4.11. The first-order chi connectivity index (χ1) is 10.2. The molecule has 0 N–H and O–H groups in total. The molecule has 0 radical (unpaired) electrons. The van der Waals surface area contributed by atoms with Crippen molar-refractivity contribution in [3.05, 3.63) is 40.5 Å². The predicted molar refractivity (Wildman–Crippen MR) is 89.0 cm³/mol. The van der Waals surface area contributed by atoms with Crippen molar-refractivity contribution in [1.82, 2.24) is 9.88 Å². The van der Waals surface area contributed by atoms with Crippen molar-refractivity contribution in [2.24, 2.45) is 0 Å². The Kier molecular flexibility index (Phi) is 3.35. The summed E-state index contributed by atoms with van der Waals surface area (Å²) in [6.45, 7) is 6.91. The Hall–Kier alpha value is -1.19. The third-order valence-corrected chi connectivity index (χ3v) is 6.12. The van der Waals surface area contributed by atoms with Crippen molar-refractivity contribution in [3.8, 4) is 10.4 Å². The summed E-state index contributed by atoms with van der Waals surface area (Å²) in [6.07, 6.45) is 5.90. The Balaban J connectivity index is 1.57. The highest BCUT2D eigenvalue weighted by molar-refractivity contribution is 7.15. The van der Waals surface area contributed by atoms with Gasteiger partial charge in [0.1, 0.15) is 0 Å². The molecule has 1 saturated heterocycles. The van der Waals surface area contributed by atoms with E-state index in [0.717, 1.165) is 0 Å². The Bertz CT molecular complexity index is 653. The fourth-order valence-electron chi connectivity index (χ4n) is 3.54. The van der Waals surface area contributed by atoms with E-state index in [1.54, 1.807) is 11.1 Å². The third-order valence-electron chi connectivity index (χ3n) is 4.92. The summed E-state index contributed by atoms with van der Waals surface area (Å²) in [5.41, 5.74) is 4.57. The zero-order valence-electron chi connectivity index (χ0n) is 12.8. The summed E-state index contributed by atoms with van der Waals surface area (Å²) in [4.78, 5) is 8.61. The highest BCUT2D eigenvalue weighted by Gasteiger charge is 2.32. The second kappa shape index (κ2) is 5.22. The van der Waals surface area contributed by atoms with Gasteiger partial charge in [0.2, 0.25) is 0 Å². The van der Waals surface area contributed by atoms with Gasteiger partial charge in [0.05, 0.1) is 9.88 Å². The molecular formula is C18H22N2S. The Labute approximate surface area is 130 Å². The first-order valence-corrected chi connectivity index (χ1v) is 8.85. The fourth-order valence-corrected chi connectivity index (χ4v) is 4.60. The van der Waals surface area contributed by atoms with Crippen molar-refractivity contribution < 1.29 is 0 Å². The van der Waals surface area contributed by atoms with E-state index in [9.17, 15) is 0 Å². The van der Waals surface area contributed by atoms with Crippen LogP contribution in [-0.4, -0.2) is 29.0 Å². The van der Waals surface area contributed by atoms with Crippen LogP contribution in [0.15, 0.2) is 24.4 Å². The summed E-state index contributed by atoms with van der Waals surface area (Å²) < 4.78 is 0. The van der Waals surface area contributed by atoms with E-state index in [-0.39, 0.29) is 0 Å². The molecule has 1 aromatic carbocycles. The minimum atomic E-state index is 0.655. The maximum absolute atomic E-state index is 4.73. The second-order valence-corrected chi connectivity index (χ2v) is 7.67. The molecule has 1 aliphatic heterocycles. The van der Waals surface area contributed by atoms with Gasteiger partial charge in [-0.05, 0) is 49.8 Å². The smallest absolute Gasteiger partial charge is 0.0987 e. The van der Waals surface area contributed by atoms with Crippen LogP contribution in [0.25, 0.3) is 10.4 Å². The molecule has 2 aromatic rings. The van der Waals surface area contributed by atoms with Crippen molar-refractivity contribution in [2.45, 2.75) is 45.1 Å². The standard InChI is InChI=1S/C18H22N2S/c1-12(2)20-10-14(11-20)18-19-9-17(21-18)16-8-4-6-13-5-3-7-15(13)16/h4,6,8-9,12,14H,3,5,7,10-11H2,1-2H3. The number of thiazole rings is 1. The molecule has 2 heterocycles. The Morgan fingerprint density at radius 3 is 2.90 bits per heavy atom. The highest BCUT2D eigenvalue weighted by Crippen LogP contribution is 2.38. The van der Waals surface area contributed by atoms with E-state index in [2.05, 4.69) is 43.1 Å². The molecule has 110 valence electrons. The molecule has 0 atom stereocenters. The lowest BCUT2D eigenvalue weighted by atomic mass is 9.99. The third kappa shape index (κ3) is 2.33. The minimum Gasteiger partial charge on any atom is -0.299 e. The summed E-state index contributed by atoms with van der Waals surface area (Å²) in [5, 5.41) is 1.33. The molecule has 0 bridgehead atoms. The zero-order chi connectivity index (χ0) is 14.4. The van der Waals surface area contributed by atoms with Crippen LogP contribution in [0.3, 0.4) is 0 Å². The van der Waals surface area contributed by atoms with E-state index >= 15 is 0 Å². The number of hydrogen-bond donors (Lipinski definition) is 0. The first kappa shape index (κ1) is 13.5. The molecular weight excluding hydrogens is 276 g/mol. The van der Waals surface area contributed by atoms with Gasteiger partial charge in [0, 0.05) is 31.2 Å². The van der Waals surface area contributed by atoms with Gasteiger partial charge in [-0.3, -0.25) is 4.90 Å².